The van der Waals surface area contributed by atoms with Gasteiger partial charge in [0.25, 0.3) is 0 Å². The molecule has 1 amide bonds. The number of oxime groups is 1. The molecule has 3 rings (SSSR count). The number of carboxylic acid groups (broad SMARTS) is 1. The number of amides is 1. The van der Waals surface area contributed by atoms with Gasteiger partial charge in [-0.25, -0.2) is 4.79 Å². The number of ether oxygens (including phenoxy) is 1. The maximum Gasteiger partial charge on any atom is 0.407 e. The van der Waals surface area contributed by atoms with Crippen molar-refractivity contribution in [2.45, 2.75) is 25.9 Å². The molecule has 0 atom stereocenters. The lowest BCUT2D eigenvalue weighted by atomic mass is 10.0. The number of hydrogen-bond acceptors (Lipinski definition) is 4. The molecule has 0 aromatic heterocycles. The number of rotatable bonds is 6. The smallest absolute Gasteiger partial charge is 0.407 e. The molecule has 1 heterocycles. The lowest BCUT2D eigenvalue weighted by molar-refractivity contribution is -0.0192. The van der Waals surface area contributed by atoms with Crippen molar-refractivity contribution < 1.29 is 19.5 Å². The fraction of sp³-hybridized carbons (Fsp3) is 0.400. The highest BCUT2D eigenvalue weighted by Gasteiger charge is 2.22. The Morgan fingerprint density at radius 2 is 1.88 bits per heavy atom. The van der Waals surface area contributed by atoms with E-state index in [-0.39, 0.29) is 6.10 Å². The van der Waals surface area contributed by atoms with E-state index in [2.05, 4.69) is 29.4 Å². The molecule has 1 fully saturated rings. The molecule has 6 heteroatoms. The van der Waals surface area contributed by atoms with E-state index in [9.17, 15) is 4.79 Å². The first-order chi connectivity index (χ1) is 12.6. The first kappa shape index (κ1) is 18.2. The second-order valence-corrected chi connectivity index (χ2v) is 6.41. The fourth-order valence-electron chi connectivity index (χ4n) is 3.08. The van der Waals surface area contributed by atoms with Gasteiger partial charge in [-0.15, -0.1) is 0 Å². The molecule has 138 valence electrons. The maximum absolute atomic E-state index is 10.9. The normalized spacial score (nSPS) is 16.0. The summed E-state index contributed by atoms with van der Waals surface area (Å²) < 4.78 is 5.74. The monoisotopic (exact) mass is 356 g/mol. The van der Waals surface area contributed by atoms with Gasteiger partial charge in [0.1, 0.15) is 6.61 Å². The third-order valence-electron chi connectivity index (χ3n) is 4.61. The summed E-state index contributed by atoms with van der Waals surface area (Å²) >= 11 is 0. The van der Waals surface area contributed by atoms with Crippen LogP contribution in [0, 0.1) is 0 Å². The van der Waals surface area contributed by atoms with Crippen LogP contribution in [-0.4, -0.2) is 54.2 Å². The number of benzene rings is 2. The molecule has 2 aromatic carbocycles. The van der Waals surface area contributed by atoms with E-state index >= 15 is 0 Å². The average Bonchev–Trinajstić information content (AvgIpc) is 2.67. The number of nitrogens with zero attached hydrogens (tertiary/aromatic N) is 2. The van der Waals surface area contributed by atoms with Crippen LogP contribution in [0.2, 0.25) is 0 Å². The Morgan fingerprint density at radius 3 is 2.62 bits per heavy atom. The summed E-state index contributed by atoms with van der Waals surface area (Å²) in [5.74, 6) is 0. The van der Waals surface area contributed by atoms with Crippen LogP contribution in [0.3, 0.4) is 0 Å². The summed E-state index contributed by atoms with van der Waals surface area (Å²) in [6.45, 7) is 3.81. The standard InChI is InChI=1S/C20H24N2O4/c1-15(17-7-6-16-4-2-3-5-18(16)14-17)21-26-13-12-25-19-8-10-22(11-9-19)20(23)24/h2-7,14,19H,8-13H2,1H3,(H,23,24). The highest BCUT2D eigenvalue weighted by Crippen LogP contribution is 2.16. The van der Waals surface area contributed by atoms with Gasteiger partial charge < -0.3 is 19.6 Å². The van der Waals surface area contributed by atoms with Gasteiger partial charge in [-0.3, -0.25) is 0 Å². The zero-order chi connectivity index (χ0) is 18.4. The van der Waals surface area contributed by atoms with E-state index in [1.54, 1.807) is 0 Å². The first-order valence-corrected chi connectivity index (χ1v) is 8.88. The molecule has 0 unspecified atom stereocenters. The SMILES string of the molecule is CC(=NOCCOC1CCN(C(=O)O)CC1)c1ccc2ccccc2c1. The van der Waals surface area contributed by atoms with E-state index in [1.807, 2.05) is 25.1 Å². The maximum atomic E-state index is 10.9. The molecule has 0 spiro atoms. The molecular formula is C20H24N2O4. The van der Waals surface area contributed by atoms with E-state index < -0.39 is 6.09 Å². The molecule has 26 heavy (non-hydrogen) atoms. The van der Waals surface area contributed by atoms with Gasteiger partial charge in [0.05, 0.1) is 18.4 Å². The number of fused-ring (bicyclic) bond motifs is 1. The number of hydrogen-bond donors (Lipinski definition) is 1. The highest BCUT2D eigenvalue weighted by molar-refractivity contribution is 6.01. The van der Waals surface area contributed by atoms with Crippen molar-refractivity contribution in [3.63, 3.8) is 0 Å². The summed E-state index contributed by atoms with van der Waals surface area (Å²) in [5.41, 5.74) is 1.86. The second-order valence-electron chi connectivity index (χ2n) is 6.41. The summed E-state index contributed by atoms with van der Waals surface area (Å²) in [7, 11) is 0. The van der Waals surface area contributed by atoms with Crippen molar-refractivity contribution in [1.29, 1.82) is 0 Å². The van der Waals surface area contributed by atoms with Crippen molar-refractivity contribution in [3.8, 4) is 0 Å². The largest absolute Gasteiger partial charge is 0.465 e. The molecule has 2 aromatic rings. The molecular weight excluding hydrogens is 332 g/mol. The molecule has 1 saturated heterocycles. The zero-order valence-corrected chi connectivity index (χ0v) is 14.9. The molecule has 0 radical (unpaired) electrons. The first-order valence-electron chi connectivity index (χ1n) is 8.88. The number of likely N-dealkylation sites (tertiary alicyclic amines) is 1. The third kappa shape index (κ3) is 4.73. The van der Waals surface area contributed by atoms with Gasteiger partial charge in [-0.05, 0) is 42.2 Å². The molecule has 1 aliphatic rings. The van der Waals surface area contributed by atoms with Gasteiger partial charge in [0.2, 0.25) is 0 Å². The Kier molecular flexibility index (Phi) is 6.07. The summed E-state index contributed by atoms with van der Waals surface area (Å²) in [4.78, 5) is 17.7. The predicted molar refractivity (Wildman–Crippen MR) is 101 cm³/mol. The van der Waals surface area contributed by atoms with Crippen LogP contribution < -0.4 is 0 Å². The zero-order valence-electron chi connectivity index (χ0n) is 14.9. The van der Waals surface area contributed by atoms with E-state index in [0.29, 0.717) is 26.3 Å². The van der Waals surface area contributed by atoms with Crippen LogP contribution in [0.15, 0.2) is 47.6 Å². The van der Waals surface area contributed by atoms with Crippen molar-refractivity contribution in [1.82, 2.24) is 4.90 Å². The Morgan fingerprint density at radius 1 is 1.15 bits per heavy atom. The fourth-order valence-corrected chi connectivity index (χ4v) is 3.08. The Balaban J connectivity index is 1.41. The van der Waals surface area contributed by atoms with Crippen LogP contribution >= 0.6 is 0 Å². The summed E-state index contributed by atoms with van der Waals surface area (Å²) in [6, 6.07) is 14.4. The number of carbonyl (C=O) groups is 1. The minimum Gasteiger partial charge on any atom is -0.465 e. The van der Waals surface area contributed by atoms with Gasteiger partial charge in [-0.1, -0.05) is 41.6 Å². The third-order valence-corrected chi connectivity index (χ3v) is 4.61. The topological polar surface area (TPSA) is 71.4 Å². The van der Waals surface area contributed by atoms with Gasteiger partial charge in [0, 0.05) is 13.1 Å². The van der Waals surface area contributed by atoms with Crippen molar-refractivity contribution in [2.75, 3.05) is 26.3 Å². The van der Waals surface area contributed by atoms with Crippen LogP contribution in [0.4, 0.5) is 4.79 Å². The minimum absolute atomic E-state index is 0.0970. The molecule has 0 saturated carbocycles. The Labute approximate surface area is 153 Å². The minimum atomic E-state index is -0.856. The van der Waals surface area contributed by atoms with Crippen molar-refractivity contribution >= 4 is 22.6 Å². The Bertz CT molecular complexity index is 782. The van der Waals surface area contributed by atoms with Crippen LogP contribution in [0.5, 0.6) is 0 Å². The van der Waals surface area contributed by atoms with Gasteiger partial charge in [0.15, 0.2) is 0 Å². The van der Waals surface area contributed by atoms with E-state index in [4.69, 9.17) is 14.7 Å². The van der Waals surface area contributed by atoms with E-state index in [0.717, 1.165) is 24.1 Å². The highest BCUT2D eigenvalue weighted by atomic mass is 16.6. The molecule has 1 N–H and O–H groups in total. The van der Waals surface area contributed by atoms with Gasteiger partial charge in [-0.2, -0.15) is 0 Å². The van der Waals surface area contributed by atoms with E-state index in [1.165, 1.54) is 15.7 Å². The number of piperidine rings is 1. The van der Waals surface area contributed by atoms with Crippen molar-refractivity contribution in [2.24, 2.45) is 5.16 Å². The average molecular weight is 356 g/mol. The van der Waals surface area contributed by atoms with Crippen LogP contribution in [-0.2, 0) is 9.57 Å². The lowest BCUT2D eigenvalue weighted by Gasteiger charge is -2.29. The predicted octanol–water partition coefficient (Wildman–Crippen LogP) is 3.74. The molecule has 0 bridgehead atoms. The van der Waals surface area contributed by atoms with Crippen LogP contribution in [0.25, 0.3) is 10.8 Å². The quantitative estimate of drug-likeness (QED) is 0.486. The molecule has 1 aliphatic heterocycles. The van der Waals surface area contributed by atoms with Crippen LogP contribution in [0.1, 0.15) is 25.3 Å². The Hall–Kier alpha value is -2.60. The van der Waals surface area contributed by atoms with Gasteiger partial charge >= 0.3 is 6.09 Å². The second kappa shape index (κ2) is 8.67. The van der Waals surface area contributed by atoms with Crippen molar-refractivity contribution in [3.05, 3.63) is 48.0 Å². The summed E-state index contributed by atoms with van der Waals surface area (Å²) in [6.07, 6.45) is 0.697. The molecule has 0 aliphatic carbocycles. The lowest BCUT2D eigenvalue weighted by Crippen LogP contribution is -2.40. The summed E-state index contributed by atoms with van der Waals surface area (Å²) in [5, 5.41) is 15.5. The molecule has 6 nitrogen and oxygen atoms in total.